The van der Waals surface area contributed by atoms with E-state index in [0.29, 0.717) is 19.3 Å². The van der Waals surface area contributed by atoms with Gasteiger partial charge in [0.2, 0.25) is 0 Å². The van der Waals surface area contributed by atoms with Crippen LogP contribution in [-0.4, -0.2) is 228 Å². The van der Waals surface area contributed by atoms with Gasteiger partial charge in [-0.25, -0.2) is 0 Å². The van der Waals surface area contributed by atoms with Crippen molar-refractivity contribution in [2.24, 2.45) is 56.2 Å². The topological polar surface area (TPSA) is 354 Å². The summed E-state index contributed by atoms with van der Waals surface area (Å²) in [6, 6.07) is 0. The average Bonchev–Trinajstić information content (AvgIpc) is 3.33. The van der Waals surface area contributed by atoms with Gasteiger partial charge in [0.1, 0.15) is 85.5 Å². The minimum absolute atomic E-state index is 0.0718. The van der Waals surface area contributed by atoms with E-state index in [0.717, 1.165) is 32.1 Å². The summed E-state index contributed by atoms with van der Waals surface area (Å²) in [5.74, 6) is -0.888. The van der Waals surface area contributed by atoms with E-state index in [1.54, 1.807) is 6.92 Å². The number of hydrogen-bond donors (Lipinski definition) is 13. The lowest BCUT2D eigenvalue weighted by Crippen LogP contribution is -2.69. The highest BCUT2D eigenvalue weighted by atomic mass is 16.8. The quantitative estimate of drug-likeness (QED) is 0.0652. The molecule has 0 spiro atoms. The molecular formula is C56H92O22. The second-order valence-corrected chi connectivity index (χ2v) is 27.2. The van der Waals surface area contributed by atoms with Crippen molar-refractivity contribution >= 4 is 5.97 Å². The van der Waals surface area contributed by atoms with Crippen molar-refractivity contribution in [3.63, 3.8) is 0 Å². The molecule has 3 saturated heterocycles. The molecular weight excluding hydrogens is 1020 g/mol. The Morgan fingerprint density at radius 3 is 1.91 bits per heavy atom. The minimum atomic E-state index is -1.93. The van der Waals surface area contributed by atoms with Gasteiger partial charge in [-0.15, -0.1) is 0 Å². The number of fused-ring (bicyclic) bond motifs is 7. The lowest BCUT2D eigenvalue weighted by molar-refractivity contribution is -0.390. The Kier molecular flexibility index (Phi) is 17.3. The molecule has 6 aliphatic carbocycles. The smallest absolute Gasteiger partial charge is 0.302 e. The maximum absolute atomic E-state index is 12.6. The summed E-state index contributed by atoms with van der Waals surface area (Å²) >= 11 is 0. The van der Waals surface area contributed by atoms with Gasteiger partial charge in [-0.2, -0.15) is 0 Å². The maximum Gasteiger partial charge on any atom is 0.302 e. The number of carbonyl (C=O) groups is 1. The van der Waals surface area contributed by atoms with Crippen LogP contribution in [0.4, 0.5) is 0 Å². The van der Waals surface area contributed by atoms with E-state index < -0.39 is 177 Å². The van der Waals surface area contributed by atoms with E-state index in [-0.39, 0.29) is 47.0 Å². The first kappa shape index (κ1) is 61.0. The first-order valence-electron chi connectivity index (χ1n) is 28.5. The predicted octanol–water partition coefficient (Wildman–Crippen LogP) is -0.719. The molecule has 448 valence electrons. The van der Waals surface area contributed by atoms with Crippen molar-refractivity contribution in [3.05, 3.63) is 11.6 Å². The van der Waals surface area contributed by atoms with Crippen LogP contribution < -0.4 is 0 Å². The lowest BCUT2D eigenvalue weighted by Gasteiger charge is -2.72. The Balaban J connectivity index is 0.976. The number of esters is 1. The van der Waals surface area contributed by atoms with Crippen LogP contribution in [0.1, 0.15) is 120 Å². The van der Waals surface area contributed by atoms with Crippen LogP contribution in [0.15, 0.2) is 11.6 Å². The van der Waals surface area contributed by atoms with Crippen molar-refractivity contribution in [2.75, 3.05) is 26.4 Å². The van der Waals surface area contributed by atoms with Gasteiger partial charge in [0.25, 0.3) is 0 Å². The third-order valence-electron chi connectivity index (χ3n) is 21.9. The van der Waals surface area contributed by atoms with E-state index in [1.807, 2.05) is 0 Å². The first-order chi connectivity index (χ1) is 36.4. The molecule has 22 heteroatoms. The van der Waals surface area contributed by atoms with Crippen molar-refractivity contribution in [3.8, 4) is 0 Å². The fourth-order valence-corrected chi connectivity index (χ4v) is 17.3. The van der Waals surface area contributed by atoms with Gasteiger partial charge in [-0.1, -0.05) is 67.0 Å². The molecule has 0 aromatic heterocycles. The normalized spacial score (nSPS) is 53.9. The molecule has 0 aromatic carbocycles. The van der Waals surface area contributed by atoms with E-state index in [2.05, 4.69) is 54.5 Å². The molecule has 9 aliphatic rings. The van der Waals surface area contributed by atoms with Crippen molar-refractivity contribution in [1.29, 1.82) is 0 Å². The molecule has 8 fully saturated rings. The van der Waals surface area contributed by atoms with Crippen molar-refractivity contribution in [2.45, 2.75) is 249 Å². The molecule has 22 nitrogen and oxygen atoms in total. The monoisotopic (exact) mass is 1120 g/mol. The highest BCUT2D eigenvalue weighted by Crippen LogP contribution is 2.76. The Labute approximate surface area is 456 Å². The Bertz CT molecular complexity index is 2150. The minimum Gasteiger partial charge on any atom is -0.462 e. The second kappa shape index (κ2) is 22.1. The Morgan fingerprint density at radius 2 is 1.28 bits per heavy atom. The molecule has 5 saturated carbocycles. The fraction of sp³-hybridized carbons (Fsp3) is 0.946. The standard InChI is InChI=1S/C56H92O22/c1-24-16-29(38(63)41(66)37(24)62)71-22-31-40(65)43(68)45(70)49(75-31)77-46-28(60)21-72-50(47(46)78-48-44(69)42(67)39(64)30(20-57)74-48)76-35-13-14-53(7)32(52(35,5)6)12-15-54(8)33(53)11-10-26-27-17-51(3,4)19-36(73-25(2)59)56(27,23-58)34(61)18-55(26,54)9/h10,24,27-50,57-58,60-70H,11-23H2,1-9H3. The van der Waals surface area contributed by atoms with Crippen LogP contribution in [0, 0.1) is 56.2 Å². The summed E-state index contributed by atoms with van der Waals surface area (Å²) in [6.45, 7) is 16.7. The van der Waals surface area contributed by atoms with Gasteiger partial charge in [-0.05, 0) is 109 Å². The number of aliphatic hydroxyl groups excluding tert-OH is 13. The van der Waals surface area contributed by atoms with Crippen LogP contribution in [0.25, 0.3) is 0 Å². The number of rotatable bonds is 12. The van der Waals surface area contributed by atoms with Gasteiger partial charge in [0.05, 0.1) is 56.3 Å². The molecule has 0 bridgehead atoms. The highest BCUT2D eigenvalue weighted by molar-refractivity contribution is 5.66. The molecule has 3 heterocycles. The number of allylic oxidation sites excluding steroid dienone is 2. The molecule has 0 aromatic rings. The van der Waals surface area contributed by atoms with E-state index >= 15 is 0 Å². The molecule has 78 heavy (non-hydrogen) atoms. The molecule has 3 aliphatic heterocycles. The highest BCUT2D eigenvalue weighted by Gasteiger charge is 2.72. The number of carbonyl (C=O) groups excluding carboxylic acids is 1. The molecule has 0 amide bonds. The van der Waals surface area contributed by atoms with Gasteiger partial charge in [0.15, 0.2) is 18.9 Å². The number of hydrogen-bond acceptors (Lipinski definition) is 22. The first-order valence-corrected chi connectivity index (χ1v) is 28.5. The van der Waals surface area contributed by atoms with Gasteiger partial charge in [-0.3, -0.25) is 4.79 Å². The van der Waals surface area contributed by atoms with Gasteiger partial charge < -0.3 is 104 Å². The molecule has 0 radical (unpaired) electrons. The van der Waals surface area contributed by atoms with Crippen LogP contribution in [-0.2, 0) is 42.7 Å². The third kappa shape index (κ3) is 9.98. The van der Waals surface area contributed by atoms with Gasteiger partial charge in [0, 0.05) is 6.92 Å². The third-order valence-corrected chi connectivity index (χ3v) is 21.9. The predicted molar refractivity (Wildman–Crippen MR) is 271 cm³/mol. The maximum atomic E-state index is 12.6. The van der Waals surface area contributed by atoms with Crippen LogP contribution in [0.5, 0.6) is 0 Å². The fourth-order valence-electron chi connectivity index (χ4n) is 17.3. The van der Waals surface area contributed by atoms with Gasteiger partial charge >= 0.3 is 5.97 Å². The van der Waals surface area contributed by atoms with E-state index in [9.17, 15) is 71.2 Å². The zero-order valence-corrected chi connectivity index (χ0v) is 46.7. The lowest BCUT2D eigenvalue weighted by atomic mass is 9.33. The Morgan fingerprint density at radius 1 is 0.667 bits per heavy atom. The molecule has 29 atom stereocenters. The number of ether oxygens (including phenoxy) is 8. The van der Waals surface area contributed by atoms with Crippen molar-refractivity contribution in [1.82, 2.24) is 0 Å². The molecule has 29 unspecified atom stereocenters. The average molecular weight is 1120 g/mol. The summed E-state index contributed by atoms with van der Waals surface area (Å²) in [5, 5.41) is 143. The number of aliphatic hydroxyl groups is 13. The molecule has 13 N–H and O–H groups in total. The molecule has 9 rings (SSSR count). The van der Waals surface area contributed by atoms with E-state index in [4.69, 9.17) is 37.9 Å². The van der Waals surface area contributed by atoms with Crippen LogP contribution in [0.2, 0.25) is 0 Å². The summed E-state index contributed by atoms with van der Waals surface area (Å²) in [7, 11) is 0. The second-order valence-electron chi connectivity index (χ2n) is 27.2. The summed E-state index contributed by atoms with van der Waals surface area (Å²) in [4.78, 5) is 12.6. The zero-order valence-electron chi connectivity index (χ0n) is 46.7. The summed E-state index contributed by atoms with van der Waals surface area (Å²) in [5.41, 5.74) is -1.60. The summed E-state index contributed by atoms with van der Waals surface area (Å²) in [6.07, 6.45) is -23.2. The summed E-state index contributed by atoms with van der Waals surface area (Å²) < 4.78 is 49.7. The van der Waals surface area contributed by atoms with E-state index in [1.165, 1.54) is 12.5 Å². The Hall–Kier alpha value is -1.59. The van der Waals surface area contributed by atoms with Crippen LogP contribution >= 0.6 is 0 Å². The SMILES string of the molecule is CC(=O)OC1CC(C)(C)CC2C3=CCC4C5(C)CCC(OC6OCC(O)C(OC7OC(COC8CC(C)C(O)C(O)C8O)C(O)C(O)C7O)C6OC6OC(CO)C(O)C(O)C6O)C(C)(C)C5CCC4(C)C3(C)CC(O)C12CO. The van der Waals surface area contributed by atoms with Crippen LogP contribution in [0.3, 0.4) is 0 Å². The zero-order chi connectivity index (χ0) is 57.1. The largest absolute Gasteiger partial charge is 0.462 e. The van der Waals surface area contributed by atoms with Crippen molar-refractivity contribution < 1.29 is 109 Å².